The largest absolute Gasteiger partial charge is 0.354 e. The van der Waals surface area contributed by atoms with Crippen molar-refractivity contribution in [1.82, 2.24) is 14.8 Å². The average molecular weight is 260 g/mol. The Morgan fingerprint density at radius 1 is 1.39 bits per heavy atom. The summed E-state index contributed by atoms with van der Waals surface area (Å²) in [5.74, 6) is 2.68. The molecule has 2 aromatic rings. The minimum absolute atomic E-state index is 0.572. The average Bonchev–Trinajstić information content (AvgIpc) is 2.98. The van der Waals surface area contributed by atoms with Gasteiger partial charge in [0.05, 0.1) is 10.9 Å². The van der Waals surface area contributed by atoms with Crippen LogP contribution in [0.1, 0.15) is 30.9 Å². The molecule has 18 heavy (non-hydrogen) atoms. The van der Waals surface area contributed by atoms with Gasteiger partial charge in [-0.2, -0.15) is 4.98 Å². The van der Waals surface area contributed by atoms with E-state index in [1.54, 1.807) is 11.3 Å². The zero-order chi connectivity index (χ0) is 12.1. The number of hydrogen-bond acceptors (Lipinski definition) is 4. The molecule has 2 aliphatic rings. The minimum Gasteiger partial charge on any atom is -0.354 e. The lowest BCUT2D eigenvalue weighted by atomic mass is 10.1. The van der Waals surface area contributed by atoms with E-state index in [-0.39, 0.29) is 0 Å². The number of anilines is 1. The molecule has 0 amide bonds. The summed E-state index contributed by atoms with van der Waals surface area (Å²) in [6, 6.07) is 2.70. The monoisotopic (exact) mass is 260 g/mol. The third-order valence-corrected chi connectivity index (χ3v) is 4.91. The van der Waals surface area contributed by atoms with E-state index < -0.39 is 0 Å². The topological polar surface area (TPSA) is 42.7 Å². The van der Waals surface area contributed by atoms with Crippen LogP contribution >= 0.6 is 11.3 Å². The van der Waals surface area contributed by atoms with Crippen molar-refractivity contribution < 1.29 is 0 Å². The molecule has 1 N–H and O–H groups in total. The molecular weight excluding hydrogens is 244 g/mol. The predicted molar refractivity (Wildman–Crippen MR) is 72.9 cm³/mol. The Labute approximate surface area is 110 Å². The maximum atomic E-state index is 4.75. The molecular formula is C13H16N4S. The molecule has 0 bridgehead atoms. The zero-order valence-corrected chi connectivity index (χ0v) is 11.2. The SMILES string of the molecule is Cc1ccsc1-c1nc2n(n1)C(C1CC1)CCN2. The molecule has 5 heteroatoms. The molecule has 1 unspecified atom stereocenters. The van der Waals surface area contributed by atoms with Crippen molar-refractivity contribution in [3.63, 3.8) is 0 Å². The molecule has 1 aliphatic heterocycles. The van der Waals surface area contributed by atoms with E-state index in [0.717, 1.165) is 24.2 Å². The van der Waals surface area contributed by atoms with Crippen molar-refractivity contribution in [2.75, 3.05) is 11.9 Å². The van der Waals surface area contributed by atoms with Crippen LogP contribution in [0.15, 0.2) is 11.4 Å². The second-order valence-corrected chi connectivity index (χ2v) is 6.17. The number of thiophene rings is 1. The van der Waals surface area contributed by atoms with Crippen LogP contribution in [0.4, 0.5) is 5.95 Å². The Kier molecular flexibility index (Phi) is 2.24. The Morgan fingerprint density at radius 2 is 2.28 bits per heavy atom. The highest BCUT2D eigenvalue weighted by atomic mass is 32.1. The van der Waals surface area contributed by atoms with Gasteiger partial charge in [-0.05, 0) is 49.1 Å². The number of fused-ring (bicyclic) bond motifs is 1. The predicted octanol–water partition coefficient (Wildman–Crippen LogP) is 3.08. The van der Waals surface area contributed by atoms with Crippen molar-refractivity contribution in [1.29, 1.82) is 0 Å². The lowest BCUT2D eigenvalue weighted by Crippen LogP contribution is -2.25. The fourth-order valence-electron chi connectivity index (χ4n) is 2.74. The summed E-state index contributed by atoms with van der Waals surface area (Å²) in [5.41, 5.74) is 1.27. The van der Waals surface area contributed by atoms with Gasteiger partial charge in [0.1, 0.15) is 0 Å². The van der Waals surface area contributed by atoms with Crippen LogP contribution in [0.3, 0.4) is 0 Å². The fourth-order valence-corrected chi connectivity index (χ4v) is 3.60. The van der Waals surface area contributed by atoms with E-state index in [9.17, 15) is 0 Å². The molecule has 0 aromatic carbocycles. The first-order chi connectivity index (χ1) is 8.83. The van der Waals surface area contributed by atoms with Gasteiger partial charge >= 0.3 is 0 Å². The van der Waals surface area contributed by atoms with Crippen LogP contribution in [0.5, 0.6) is 0 Å². The second-order valence-electron chi connectivity index (χ2n) is 5.26. The molecule has 1 aliphatic carbocycles. The van der Waals surface area contributed by atoms with E-state index in [2.05, 4.69) is 33.4 Å². The quantitative estimate of drug-likeness (QED) is 0.902. The van der Waals surface area contributed by atoms with Gasteiger partial charge in [0.25, 0.3) is 0 Å². The molecule has 4 rings (SSSR count). The van der Waals surface area contributed by atoms with Gasteiger partial charge in [0, 0.05) is 6.54 Å². The Bertz CT molecular complexity index is 582. The zero-order valence-electron chi connectivity index (χ0n) is 10.4. The maximum Gasteiger partial charge on any atom is 0.222 e. The normalized spacial score (nSPS) is 22.6. The van der Waals surface area contributed by atoms with E-state index in [0.29, 0.717) is 6.04 Å². The smallest absolute Gasteiger partial charge is 0.222 e. The van der Waals surface area contributed by atoms with Crippen LogP contribution in [-0.4, -0.2) is 21.3 Å². The standard InChI is InChI=1S/C13H16N4S/c1-8-5-7-18-11(8)12-15-13-14-6-4-10(9-2-3-9)17(13)16-12/h5,7,9-10H,2-4,6H2,1H3,(H,14,15,16). The van der Waals surface area contributed by atoms with Crippen molar-refractivity contribution in [2.24, 2.45) is 5.92 Å². The van der Waals surface area contributed by atoms with Crippen molar-refractivity contribution in [2.45, 2.75) is 32.2 Å². The highest BCUT2D eigenvalue weighted by Crippen LogP contribution is 2.44. The van der Waals surface area contributed by atoms with Gasteiger partial charge < -0.3 is 5.32 Å². The maximum absolute atomic E-state index is 4.75. The van der Waals surface area contributed by atoms with Crippen LogP contribution in [0, 0.1) is 12.8 Å². The number of rotatable bonds is 2. The summed E-state index contributed by atoms with van der Waals surface area (Å²) in [4.78, 5) is 5.87. The van der Waals surface area contributed by atoms with E-state index in [1.807, 2.05) is 0 Å². The molecule has 2 aromatic heterocycles. The number of hydrogen-bond donors (Lipinski definition) is 1. The summed E-state index contributed by atoms with van der Waals surface area (Å²) in [6.07, 6.45) is 3.90. The Hall–Kier alpha value is -1.36. The highest BCUT2D eigenvalue weighted by Gasteiger charge is 2.36. The van der Waals surface area contributed by atoms with Gasteiger partial charge in [-0.15, -0.1) is 16.4 Å². The molecule has 3 heterocycles. The number of nitrogens with one attached hydrogen (secondary N) is 1. The third-order valence-electron chi connectivity index (χ3n) is 3.90. The van der Waals surface area contributed by atoms with Gasteiger partial charge in [-0.3, -0.25) is 0 Å². The van der Waals surface area contributed by atoms with Crippen LogP contribution in [0.25, 0.3) is 10.7 Å². The van der Waals surface area contributed by atoms with E-state index in [4.69, 9.17) is 5.10 Å². The first kappa shape index (κ1) is 10.6. The van der Waals surface area contributed by atoms with E-state index in [1.165, 1.54) is 29.7 Å². The summed E-state index contributed by atoms with van der Waals surface area (Å²) in [6.45, 7) is 3.15. The van der Waals surface area contributed by atoms with Crippen molar-refractivity contribution in [3.8, 4) is 10.7 Å². The molecule has 94 valence electrons. The van der Waals surface area contributed by atoms with E-state index >= 15 is 0 Å². The van der Waals surface area contributed by atoms with Gasteiger partial charge in [-0.1, -0.05) is 0 Å². The van der Waals surface area contributed by atoms with Gasteiger partial charge in [0.15, 0.2) is 5.82 Å². The second kappa shape index (κ2) is 3.82. The van der Waals surface area contributed by atoms with Crippen LogP contribution in [0.2, 0.25) is 0 Å². The third kappa shape index (κ3) is 1.57. The first-order valence-corrected chi connectivity index (χ1v) is 7.46. The Morgan fingerprint density at radius 3 is 3.00 bits per heavy atom. The number of aromatic nitrogens is 3. The molecule has 0 radical (unpaired) electrons. The fraction of sp³-hybridized carbons (Fsp3) is 0.538. The summed E-state index contributed by atoms with van der Waals surface area (Å²) >= 11 is 1.73. The highest BCUT2D eigenvalue weighted by molar-refractivity contribution is 7.13. The summed E-state index contributed by atoms with van der Waals surface area (Å²) < 4.78 is 2.13. The first-order valence-electron chi connectivity index (χ1n) is 6.58. The number of aryl methyl sites for hydroxylation is 1. The molecule has 0 saturated heterocycles. The lowest BCUT2D eigenvalue weighted by molar-refractivity contribution is 0.375. The van der Waals surface area contributed by atoms with Crippen LogP contribution in [-0.2, 0) is 0 Å². The Balaban J connectivity index is 1.77. The van der Waals surface area contributed by atoms with Crippen LogP contribution < -0.4 is 5.32 Å². The number of nitrogens with zero attached hydrogens (tertiary/aromatic N) is 3. The molecule has 1 atom stereocenters. The van der Waals surface area contributed by atoms with Crippen molar-refractivity contribution in [3.05, 3.63) is 17.0 Å². The minimum atomic E-state index is 0.572. The lowest BCUT2D eigenvalue weighted by Gasteiger charge is -2.23. The van der Waals surface area contributed by atoms with Crippen molar-refractivity contribution >= 4 is 17.3 Å². The van der Waals surface area contributed by atoms with Gasteiger partial charge in [-0.25, -0.2) is 4.68 Å². The molecule has 4 nitrogen and oxygen atoms in total. The summed E-state index contributed by atoms with van der Waals surface area (Å²) in [5, 5.41) is 10.2. The molecule has 1 fully saturated rings. The van der Waals surface area contributed by atoms with Gasteiger partial charge in [0.2, 0.25) is 5.95 Å². The molecule has 0 spiro atoms. The summed E-state index contributed by atoms with van der Waals surface area (Å²) in [7, 11) is 0. The molecule has 1 saturated carbocycles.